The van der Waals surface area contributed by atoms with Gasteiger partial charge in [-0.2, -0.15) is 0 Å². The molecule has 1 aliphatic rings. The van der Waals surface area contributed by atoms with E-state index < -0.39 is 0 Å². The van der Waals surface area contributed by atoms with Gasteiger partial charge in [-0.3, -0.25) is 4.79 Å². The number of benzene rings is 1. The first-order chi connectivity index (χ1) is 10.7. The van der Waals surface area contributed by atoms with Gasteiger partial charge in [-0.15, -0.1) is 0 Å². The Hall–Kier alpha value is -1.42. The molecule has 0 aromatic heterocycles. The molecule has 1 saturated carbocycles. The normalized spacial score (nSPS) is 17.2. The van der Waals surface area contributed by atoms with E-state index in [-0.39, 0.29) is 17.8 Å². The van der Waals surface area contributed by atoms with Crippen molar-refractivity contribution in [3.63, 3.8) is 0 Å². The number of nitrogens with one attached hydrogen (secondary N) is 1. The predicted molar refractivity (Wildman–Crippen MR) is 85.0 cm³/mol. The summed E-state index contributed by atoms with van der Waals surface area (Å²) in [5, 5.41) is 2.90. The maximum atomic E-state index is 13.2. The van der Waals surface area contributed by atoms with Crippen molar-refractivity contribution in [2.24, 2.45) is 5.92 Å². The molecule has 1 unspecified atom stereocenters. The van der Waals surface area contributed by atoms with Crippen molar-refractivity contribution in [1.82, 2.24) is 5.32 Å². The topological polar surface area (TPSA) is 38.3 Å². The standard InChI is InChI=1S/C18H26FNO2/c1-22-17(15-8-5-9-16(19)12-15)13-20-18(21)11-10-14-6-3-2-4-7-14/h5,8-9,12,14,17H,2-4,6-7,10-11,13H2,1H3,(H,20,21). The van der Waals surface area contributed by atoms with Gasteiger partial charge in [-0.1, -0.05) is 44.2 Å². The van der Waals surface area contributed by atoms with Crippen LogP contribution in [-0.4, -0.2) is 19.6 Å². The van der Waals surface area contributed by atoms with E-state index in [0.717, 1.165) is 12.0 Å². The van der Waals surface area contributed by atoms with E-state index in [4.69, 9.17) is 4.74 Å². The molecule has 122 valence electrons. The fourth-order valence-electron chi connectivity index (χ4n) is 3.15. The van der Waals surface area contributed by atoms with Crippen LogP contribution < -0.4 is 5.32 Å². The van der Waals surface area contributed by atoms with E-state index in [0.29, 0.717) is 18.9 Å². The summed E-state index contributed by atoms with van der Waals surface area (Å²) in [5.41, 5.74) is 0.745. The summed E-state index contributed by atoms with van der Waals surface area (Å²) < 4.78 is 18.6. The van der Waals surface area contributed by atoms with Crippen LogP contribution in [0.2, 0.25) is 0 Å². The number of methoxy groups -OCH3 is 1. The largest absolute Gasteiger partial charge is 0.375 e. The molecule has 1 aliphatic carbocycles. The van der Waals surface area contributed by atoms with Crippen molar-refractivity contribution in [3.05, 3.63) is 35.6 Å². The number of halogens is 1. The molecule has 22 heavy (non-hydrogen) atoms. The Morgan fingerprint density at radius 3 is 2.82 bits per heavy atom. The number of amides is 1. The molecule has 0 radical (unpaired) electrons. The Morgan fingerprint density at radius 2 is 2.14 bits per heavy atom. The van der Waals surface area contributed by atoms with E-state index in [1.165, 1.54) is 44.2 Å². The zero-order chi connectivity index (χ0) is 15.8. The lowest BCUT2D eigenvalue weighted by Gasteiger charge is -2.21. The van der Waals surface area contributed by atoms with Crippen LogP contribution in [0, 0.1) is 11.7 Å². The SMILES string of the molecule is COC(CNC(=O)CCC1CCCCC1)c1cccc(F)c1. The van der Waals surface area contributed by atoms with E-state index in [2.05, 4.69) is 5.32 Å². The van der Waals surface area contributed by atoms with Gasteiger partial charge in [0.1, 0.15) is 5.82 Å². The minimum absolute atomic E-state index is 0.0593. The molecule has 1 fully saturated rings. The van der Waals surface area contributed by atoms with Crippen LogP contribution in [-0.2, 0) is 9.53 Å². The van der Waals surface area contributed by atoms with E-state index in [1.807, 2.05) is 6.07 Å². The number of hydrogen-bond donors (Lipinski definition) is 1. The highest BCUT2D eigenvalue weighted by Crippen LogP contribution is 2.27. The van der Waals surface area contributed by atoms with E-state index >= 15 is 0 Å². The lowest BCUT2D eigenvalue weighted by molar-refractivity contribution is -0.122. The fraction of sp³-hybridized carbons (Fsp3) is 0.611. The minimum Gasteiger partial charge on any atom is -0.375 e. The van der Waals surface area contributed by atoms with Crippen LogP contribution >= 0.6 is 0 Å². The van der Waals surface area contributed by atoms with Gasteiger partial charge in [0.15, 0.2) is 0 Å². The van der Waals surface area contributed by atoms with Gasteiger partial charge in [0.2, 0.25) is 5.91 Å². The van der Waals surface area contributed by atoms with Crippen molar-refractivity contribution in [2.75, 3.05) is 13.7 Å². The van der Waals surface area contributed by atoms with Crippen molar-refractivity contribution < 1.29 is 13.9 Å². The molecule has 1 atom stereocenters. The minimum atomic E-state index is -0.311. The molecular formula is C18H26FNO2. The van der Waals surface area contributed by atoms with Gasteiger partial charge in [0.25, 0.3) is 0 Å². The van der Waals surface area contributed by atoms with Gasteiger partial charge >= 0.3 is 0 Å². The number of carbonyl (C=O) groups is 1. The molecule has 3 nitrogen and oxygen atoms in total. The quantitative estimate of drug-likeness (QED) is 0.827. The summed E-state index contributed by atoms with van der Waals surface area (Å²) in [4.78, 5) is 12.0. The monoisotopic (exact) mass is 307 g/mol. The molecule has 1 amide bonds. The average Bonchev–Trinajstić information content (AvgIpc) is 2.54. The molecule has 1 aromatic carbocycles. The summed E-state index contributed by atoms with van der Waals surface area (Å²) in [6.45, 7) is 0.378. The molecule has 0 aliphatic heterocycles. The molecule has 2 rings (SSSR count). The lowest BCUT2D eigenvalue weighted by Crippen LogP contribution is -2.29. The Bertz CT molecular complexity index is 472. The third-order valence-corrected chi connectivity index (χ3v) is 4.49. The first-order valence-corrected chi connectivity index (χ1v) is 8.24. The molecule has 0 saturated heterocycles. The molecule has 0 heterocycles. The number of rotatable bonds is 7. The second-order valence-corrected chi connectivity index (χ2v) is 6.13. The highest BCUT2D eigenvalue weighted by molar-refractivity contribution is 5.75. The van der Waals surface area contributed by atoms with E-state index in [1.54, 1.807) is 13.2 Å². The Morgan fingerprint density at radius 1 is 1.36 bits per heavy atom. The Labute approximate surface area is 132 Å². The van der Waals surface area contributed by atoms with Crippen LogP contribution in [0.1, 0.15) is 56.6 Å². The zero-order valence-electron chi connectivity index (χ0n) is 13.3. The molecule has 1 N–H and O–H groups in total. The maximum Gasteiger partial charge on any atom is 0.220 e. The molecule has 0 bridgehead atoms. The molecular weight excluding hydrogens is 281 g/mol. The van der Waals surface area contributed by atoms with Crippen LogP contribution in [0.25, 0.3) is 0 Å². The van der Waals surface area contributed by atoms with Crippen LogP contribution in [0.4, 0.5) is 4.39 Å². The fourth-order valence-corrected chi connectivity index (χ4v) is 3.15. The highest BCUT2D eigenvalue weighted by atomic mass is 19.1. The van der Waals surface area contributed by atoms with Crippen LogP contribution in [0.5, 0.6) is 0 Å². The van der Waals surface area contributed by atoms with Crippen molar-refractivity contribution >= 4 is 5.91 Å². The van der Waals surface area contributed by atoms with Crippen molar-refractivity contribution in [1.29, 1.82) is 0 Å². The lowest BCUT2D eigenvalue weighted by atomic mass is 9.86. The van der Waals surface area contributed by atoms with Gasteiger partial charge in [0, 0.05) is 20.1 Å². The maximum absolute atomic E-state index is 13.2. The number of carbonyl (C=O) groups excluding carboxylic acids is 1. The summed E-state index contributed by atoms with van der Waals surface area (Å²) in [7, 11) is 1.57. The summed E-state index contributed by atoms with van der Waals surface area (Å²) in [6.07, 6.45) is 7.71. The van der Waals surface area contributed by atoms with Gasteiger partial charge < -0.3 is 10.1 Å². The highest BCUT2D eigenvalue weighted by Gasteiger charge is 2.16. The molecule has 0 spiro atoms. The second-order valence-electron chi connectivity index (χ2n) is 6.13. The number of hydrogen-bond acceptors (Lipinski definition) is 2. The van der Waals surface area contributed by atoms with Crippen LogP contribution in [0.3, 0.4) is 0 Å². The second kappa shape index (κ2) is 8.89. The molecule has 1 aromatic rings. The van der Waals surface area contributed by atoms with Gasteiger partial charge in [-0.25, -0.2) is 4.39 Å². The van der Waals surface area contributed by atoms with Crippen molar-refractivity contribution in [3.8, 4) is 0 Å². The molecule has 4 heteroatoms. The first-order valence-electron chi connectivity index (χ1n) is 8.24. The smallest absolute Gasteiger partial charge is 0.220 e. The summed E-state index contributed by atoms with van der Waals surface area (Å²) >= 11 is 0. The van der Waals surface area contributed by atoms with E-state index in [9.17, 15) is 9.18 Å². The Balaban J connectivity index is 1.74. The van der Waals surface area contributed by atoms with Gasteiger partial charge in [-0.05, 0) is 30.0 Å². The first kappa shape index (κ1) is 16.9. The van der Waals surface area contributed by atoms with Crippen molar-refractivity contribution in [2.45, 2.75) is 51.0 Å². The summed E-state index contributed by atoms with van der Waals surface area (Å²) in [5.74, 6) is 0.480. The Kier molecular flexibility index (Phi) is 6.84. The zero-order valence-corrected chi connectivity index (χ0v) is 13.3. The third-order valence-electron chi connectivity index (χ3n) is 4.49. The third kappa shape index (κ3) is 5.41. The predicted octanol–water partition coefficient (Wildman–Crippen LogP) is 3.99. The van der Waals surface area contributed by atoms with Crippen LogP contribution in [0.15, 0.2) is 24.3 Å². The number of ether oxygens (including phenoxy) is 1. The average molecular weight is 307 g/mol. The van der Waals surface area contributed by atoms with Gasteiger partial charge in [0.05, 0.1) is 6.10 Å². The summed E-state index contributed by atoms with van der Waals surface area (Å²) in [6, 6.07) is 6.31.